The lowest BCUT2D eigenvalue weighted by molar-refractivity contribution is 0.476. The highest BCUT2D eigenvalue weighted by atomic mass is 32.2. The van der Waals surface area contributed by atoms with Crippen molar-refractivity contribution < 1.29 is 13.5 Å². The Morgan fingerprint density at radius 1 is 0.933 bits per heavy atom. The van der Waals surface area contributed by atoms with Crippen molar-refractivity contribution in [3.8, 4) is 5.75 Å². The van der Waals surface area contributed by atoms with E-state index in [4.69, 9.17) is 0 Å². The third-order valence-electron chi connectivity index (χ3n) is 5.84. The maximum absolute atomic E-state index is 13.4. The van der Waals surface area contributed by atoms with Crippen LogP contribution in [0.1, 0.15) is 27.8 Å². The molecule has 5 nitrogen and oxygen atoms in total. The predicted octanol–water partition coefficient (Wildman–Crippen LogP) is 4.37. The summed E-state index contributed by atoms with van der Waals surface area (Å²) < 4.78 is 29.6. The number of rotatable bonds is 6. The van der Waals surface area contributed by atoms with E-state index >= 15 is 0 Å². The van der Waals surface area contributed by atoms with Gasteiger partial charge in [-0.05, 0) is 68.0 Å². The van der Waals surface area contributed by atoms with Gasteiger partial charge in [0.2, 0.25) is 10.0 Å². The second-order valence-corrected chi connectivity index (χ2v) is 9.75. The summed E-state index contributed by atoms with van der Waals surface area (Å²) in [6, 6.07) is 11.7. The van der Waals surface area contributed by atoms with Gasteiger partial charge in [0, 0.05) is 37.1 Å². The minimum Gasteiger partial charge on any atom is -0.507 e. The van der Waals surface area contributed by atoms with Gasteiger partial charge in [0.25, 0.3) is 0 Å². The summed E-state index contributed by atoms with van der Waals surface area (Å²) >= 11 is 0. The topological polar surface area (TPSA) is 69.6 Å². The van der Waals surface area contributed by atoms with Crippen molar-refractivity contribution in [3.05, 3.63) is 64.2 Å². The van der Waals surface area contributed by atoms with Crippen molar-refractivity contribution >= 4 is 26.5 Å². The molecule has 0 heterocycles. The van der Waals surface area contributed by atoms with Crippen LogP contribution in [0.15, 0.2) is 41.3 Å². The Labute approximate surface area is 179 Å². The van der Waals surface area contributed by atoms with Gasteiger partial charge in [0.05, 0.1) is 4.90 Å². The van der Waals surface area contributed by atoms with Crippen LogP contribution in [-0.2, 0) is 16.4 Å². The first-order valence-corrected chi connectivity index (χ1v) is 11.5. The number of aryl methyl sites for hydroxylation is 2. The Morgan fingerprint density at radius 2 is 1.57 bits per heavy atom. The fraction of sp³-hybridized carbons (Fsp3) is 0.333. The van der Waals surface area contributed by atoms with Crippen LogP contribution in [0.5, 0.6) is 5.75 Å². The molecule has 0 saturated carbocycles. The Hall–Kier alpha value is -2.57. The zero-order valence-electron chi connectivity index (χ0n) is 18.5. The fourth-order valence-corrected chi connectivity index (χ4v) is 5.49. The highest BCUT2D eigenvalue weighted by molar-refractivity contribution is 7.89. The average molecular weight is 427 g/mol. The van der Waals surface area contributed by atoms with Gasteiger partial charge in [-0.25, -0.2) is 13.1 Å². The van der Waals surface area contributed by atoms with Crippen LogP contribution >= 0.6 is 0 Å². The molecular weight excluding hydrogens is 396 g/mol. The number of hydrogen-bond acceptors (Lipinski definition) is 4. The smallest absolute Gasteiger partial charge is 0.241 e. The average Bonchev–Trinajstić information content (AvgIpc) is 2.69. The minimum atomic E-state index is -3.84. The second kappa shape index (κ2) is 8.28. The van der Waals surface area contributed by atoms with Crippen LogP contribution < -0.4 is 9.62 Å². The number of hydrogen-bond donors (Lipinski definition) is 2. The van der Waals surface area contributed by atoms with E-state index in [9.17, 15) is 13.5 Å². The molecule has 0 fully saturated rings. The molecule has 0 aliphatic carbocycles. The molecule has 0 aliphatic heterocycles. The molecule has 2 N–H and O–H groups in total. The number of fused-ring (bicyclic) bond motifs is 1. The third-order valence-corrected chi connectivity index (χ3v) is 7.47. The van der Waals surface area contributed by atoms with Crippen molar-refractivity contribution in [1.82, 2.24) is 4.72 Å². The molecule has 3 aromatic carbocycles. The first-order chi connectivity index (χ1) is 14.1. The van der Waals surface area contributed by atoms with Gasteiger partial charge in [-0.1, -0.05) is 30.3 Å². The highest BCUT2D eigenvalue weighted by Crippen LogP contribution is 2.43. The zero-order valence-corrected chi connectivity index (χ0v) is 19.3. The first-order valence-electron chi connectivity index (χ1n) is 10.0. The molecule has 6 heteroatoms. The summed E-state index contributed by atoms with van der Waals surface area (Å²) in [5.41, 5.74) is 5.16. The quantitative estimate of drug-likeness (QED) is 0.614. The molecular formula is C24H30N2O3S. The van der Waals surface area contributed by atoms with E-state index in [1.807, 2.05) is 76.2 Å². The van der Waals surface area contributed by atoms with E-state index in [2.05, 4.69) is 4.72 Å². The summed E-state index contributed by atoms with van der Waals surface area (Å²) in [5.74, 6) is 0.0187. The van der Waals surface area contributed by atoms with Crippen molar-refractivity contribution in [2.75, 3.05) is 25.5 Å². The van der Waals surface area contributed by atoms with Crippen molar-refractivity contribution in [2.45, 2.75) is 39.0 Å². The van der Waals surface area contributed by atoms with Crippen LogP contribution in [0.4, 0.5) is 5.69 Å². The molecule has 0 aliphatic rings. The molecule has 3 aromatic rings. The van der Waals surface area contributed by atoms with Gasteiger partial charge in [0.15, 0.2) is 0 Å². The molecule has 160 valence electrons. The molecule has 0 saturated heterocycles. The second-order valence-electron chi connectivity index (χ2n) is 8.04. The molecule has 0 bridgehead atoms. The molecule has 0 radical (unpaired) electrons. The lowest BCUT2D eigenvalue weighted by atomic mass is 9.93. The minimum absolute atomic E-state index is 0.0187. The lowest BCUT2D eigenvalue weighted by Crippen LogP contribution is -2.27. The molecule has 0 spiro atoms. The maximum Gasteiger partial charge on any atom is 0.241 e. The maximum atomic E-state index is 13.4. The summed E-state index contributed by atoms with van der Waals surface area (Å²) in [6.45, 7) is 7.80. The summed E-state index contributed by atoms with van der Waals surface area (Å²) in [7, 11) is 0.00839. The van der Waals surface area contributed by atoms with Gasteiger partial charge in [-0.15, -0.1) is 0 Å². The number of phenolic OH excluding ortho intramolecular Hbond substituents is 1. The Kier molecular flexibility index (Phi) is 6.11. The summed E-state index contributed by atoms with van der Waals surface area (Å²) in [4.78, 5) is 2.12. The number of nitrogens with zero attached hydrogens (tertiary/aromatic N) is 1. The van der Waals surface area contributed by atoms with Crippen molar-refractivity contribution in [1.29, 1.82) is 0 Å². The van der Waals surface area contributed by atoms with Gasteiger partial charge >= 0.3 is 0 Å². The fourth-order valence-electron chi connectivity index (χ4n) is 3.95. The highest BCUT2D eigenvalue weighted by Gasteiger charge is 2.27. The summed E-state index contributed by atoms with van der Waals surface area (Å²) in [6.07, 6.45) is 0.593. The monoisotopic (exact) mass is 426 g/mol. The third kappa shape index (κ3) is 3.89. The first kappa shape index (κ1) is 22.1. The van der Waals surface area contributed by atoms with Crippen LogP contribution in [0.3, 0.4) is 0 Å². The molecule has 0 amide bonds. The molecule has 0 aromatic heterocycles. The number of benzene rings is 3. The number of anilines is 1. The number of nitrogens with one attached hydrogen (secondary N) is 1. The van der Waals surface area contributed by atoms with Crippen LogP contribution in [0.2, 0.25) is 0 Å². The van der Waals surface area contributed by atoms with E-state index < -0.39 is 10.0 Å². The van der Waals surface area contributed by atoms with E-state index in [1.165, 1.54) is 0 Å². The SMILES string of the molecule is Cc1cc(N(C)C)c2c(C)c(C)c(C)c(S(=O)(=O)NCCc3ccccc3)c2c1O. The zero-order chi connectivity index (χ0) is 22.2. The number of phenols is 1. The lowest BCUT2D eigenvalue weighted by Gasteiger charge is -2.24. The van der Waals surface area contributed by atoms with Gasteiger partial charge in [-0.2, -0.15) is 0 Å². The molecule has 0 atom stereocenters. The normalized spacial score (nSPS) is 11.8. The number of aromatic hydroxyl groups is 1. The van der Waals surface area contributed by atoms with Crippen molar-refractivity contribution in [3.63, 3.8) is 0 Å². The standard InChI is InChI=1S/C24H30N2O3S/c1-15-14-20(26(5)6)21-17(3)16(2)18(4)24(22(21)23(15)27)30(28,29)25-13-12-19-10-8-7-9-11-19/h7-11,14,25,27H,12-13H2,1-6H3. The van der Waals surface area contributed by atoms with E-state index in [1.54, 1.807) is 6.92 Å². The van der Waals surface area contributed by atoms with E-state index in [0.717, 1.165) is 27.8 Å². The Balaban J connectivity index is 2.19. The van der Waals surface area contributed by atoms with E-state index in [0.29, 0.717) is 22.9 Å². The van der Waals surface area contributed by atoms with Crippen LogP contribution in [0.25, 0.3) is 10.8 Å². The van der Waals surface area contributed by atoms with Gasteiger partial charge in [-0.3, -0.25) is 0 Å². The largest absolute Gasteiger partial charge is 0.507 e. The molecule has 3 rings (SSSR count). The summed E-state index contributed by atoms with van der Waals surface area (Å²) in [5, 5.41) is 12.1. The molecule has 0 unspecified atom stereocenters. The van der Waals surface area contributed by atoms with Crippen LogP contribution in [0, 0.1) is 27.7 Å². The van der Waals surface area contributed by atoms with E-state index in [-0.39, 0.29) is 17.2 Å². The van der Waals surface area contributed by atoms with Gasteiger partial charge < -0.3 is 10.0 Å². The van der Waals surface area contributed by atoms with Gasteiger partial charge in [0.1, 0.15) is 5.75 Å². The van der Waals surface area contributed by atoms with Crippen LogP contribution in [-0.4, -0.2) is 34.2 Å². The predicted molar refractivity (Wildman–Crippen MR) is 124 cm³/mol. The Bertz CT molecular complexity index is 1200. The number of sulfonamides is 1. The van der Waals surface area contributed by atoms with Crippen molar-refractivity contribution in [2.24, 2.45) is 0 Å². The molecule has 30 heavy (non-hydrogen) atoms. The Morgan fingerprint density at radius 3 is 2.17 bits per heavy atom.